The van der Waals surface area contributed by atoms with E-state index in [9.17, 15) is 9.18 Å². The lowest BCUT2D eigenvalue weighted by Crippen LogP contribution is -2.23. The maximum Gasteiger partial charge on any atom is 0.252 e. The highest BCUT2D eigenvalue weighted by Crippen LogP contribution is 2.19. The maximum atomic E-state index is 13.4. The lowest BCUT2D eigenvalue weighted by molar-refractivity contribution is 0.0950. The summed E-state index contributed by atoms with van der Waals surface area (Å²) in [6.45, 7) is 1.96. The van der Waals surface area contributed by atoms with Crippen LogP contribution in [0.1, 0.15) is 21.5 Å². The molecule has 1 amide bonds. The zero-order valence-electron chi connectivity index (χ0n) is 10.9. The molecule has 0 aliphatic rings. The fourth-order valence-electron chi connectivity index (χ4n) is 1.74. The maximum absolute atomic E-state index is 13.4. The Balaban J connectivity index is 2.08. The second-order valence-corrected chi connectivity index (χ2v) is 5.36. The van der Waals surface area contributed by atoms with E-state index in [4.69, 9.17) is 5.73 Å². The number of nitrogens with two attached hydrogens (primary N) is 1. The van der Waals surface area contributed by atoms with Gasteiger partial charge in [-0.3, -0.25) is 4.79 Å². The van der Waals surface area contributed by atoms with Crippen molar-refractivity contribution in [1.82, 2.24) is 5.32 Å². The van der Waals surface area contributed by atoms with Gasteiger partial charge in [-0.05, 0) is 58.2 Å². The molecule has 0 aliphatic carbocycles. The topological polar surface area (TPSA) is 55.1 Å². The highest BCUT2D eigenvalue weighted by Gasteiger charge is 2.10. The van der Waals surface area contributed by atoms with E-state index in [1.807, 2.05) is 0 Å². The number of carbonyl (C=O) groups is 1. The van der Waals surface area contributed by atoms with Crippen molar-refractivity contribution < 1.29 is 9.18 Å². The minimum atomic E-state index is -0.276. The normalized spacial score (nSPS) is 10.3. The minimum absolute atomic E-state index is 0.259. The molecule has 0 atom stereocenters. The molecule has 0 heterocycles. The van der Waals surface area contributed by atoms with Crippen molar-refractivity contribution >= 4 is 27.5 Å². The Morgan fingerprint density at radius 3 is 2.75 bits per heavy atom. The summed E-state index contributed by atoms with van der Waals surface area (Å²) in [5, 5.41) is 2.74. The van der Waals surface area contributed by atoms with E-state index in [0.717, 1.165) is 0 Å². The number of halogens is 2. The summed E-state index contributed by atoms with van der Waals surface area (Å²) < 4.78 is 14.1. The molecular formula is C15H14BrFN2O. The zero-order chi connectivity index (χ0) is 14.7. The molecule has 3 N–H and O–H groups in total. The number of benzene rings is 2. The van der Waals surface area contributed by atoms with Crippen LogP contribution in [0.5, 0.6) is 0 Å². The number of aryl methyl sites for hydroxylation is 1. The minimum Gasteiger partial charge on any atom is -0.399 e. The summed E-state index contributed by atoms with van der Waals surface area (Å²) >= 11 is 3.30. The van der Waals surface area contributed by atoms with Crippen LogP contribution in [0.15, 0.2) is 40.9 Å². The van der Waals surface area contributed by atoms with Crippen molar-refractivity contribution in [2.75, 3.05) is 5.73 Å². The molecule has 3 nitrogen and oxygen atoms in total. The van der Waals surface area contributed by atoms with Gasteiger partial charge in [0.15, 0.2) is 0 Å². The summed E-state index contributed by atoms with van der Waals surface area (Å²) in [5.74, 6) is -0.535. The van der Waals surface area contributed by atoms with E-state index >= 15 is 0 Å². The predicted molar refractivity (Wildman–Crippen MR) is 80.9 cm³/mol. The zero-order valence-corrected chi connectivity index (χ0v) is 12.5. The molecular weight excluding hydrogens is 323 g/mol. The summed E-state index contributed by atoms with van der Waals surface area (Å²) in [6.07, 6.45) is 0. The lowest BCUT2D eigenvalue weighted by atomic mass is 10.1. The van der Waals surface area contributed by atoms with Crippen molar-refractivity contribution in [3.8, 4) is 0 Å². The van der Waals surface area contributed by atoms with Crippen LogP contribution in [-0.2, 0) is 6.54 Å². The molecule has 0 aromatic heterocycles. The molecule has 2 aromatic rings. The number of rotatable bonds is 3. The van der Waals surface area contributed by atoms with Gasteiger partial charge in [-0.25, -0.2) is 4.39 Å². The van der Waals surface area contributed by atoms with Crippen LogP contribution in [0.3, 0.4) is 0 Å². The van der Waals surface area contributed by atoms with E-state index in [-0.39, 0.29) is 18.3 Å². The van der Waals surface area contributed by atoms with E-state index in [2.05, 4.69) is 21.2 Å². The fraction of sp³-hybridized carbons (Fsp3) is 0.133. The molecule has 0 radical (unpaired) electrons. The van der Waals surface area contributed by atoms with Crippen LogP contribution in [-0.4, -0.2) is 5.91 Å². The smallest absolute Gasteiger partial charge is 0.252 e. The lowest BCUT2D eigenvalue weighted by Gasteiger charge is -2.08. The van der Waals surface area contributed by atoms with Crippen molar-refractivity contribution in [2.24, 2.45) is 0 Å². The van der Waals surface area contributed by atoms with Crippen LogP contribution in [0.25, 0.3) is 0 Å². The Morgan fingerprint density at radius 2 is 2.05 bits per heavy atom. The van der Waals surface area contributed by atoms with Gasteiger partial charge in [-0.15, -0.1) is 0 Å². The Kier molecular flexibility index (Phi) is 4.39. The van der Waals surface area contributed by atoms with Gasteiger partial charge in [-0.1, -0.05) is 12.1 Å². The summed E-state index contributed by atoms with van der Waals surface area (Å²) in [4.78, 5) is 12.1. The van der Waals surface area contributed by atoms with Gasteiger partial charge in [0.05, 0.1) is 5.56 Å². The first-order valence-corrected chi connectivity index (χ1v) is 6.85. The Morgan fingerprint density at radius 1 is 1.30 bits per heavy atom. The molecule has 0 saturated carbocycles. The van der Waals surface area contributed by atoms with Crippen LogP contribution in [0.2, 0.25) is 0 Å². The summed E-state index contributed by atoms with van der Waals surface area (Å²) in [6, 6.07) is 9.91. The van der Waals surface area contributed by atoms with Gasteiger partial charge in [0.25, 0.3) is 5.91 Å². The average molecular weight is 337 g/mol. The number of hydrogen-bond acceptors (Lipinski definition) is 2. The average Bonchev–Trinajstić information content (AvgIpc) is 2.42. The van der Waals surface area contributed by atoms with E-state index in [1.165, 1.54) is 6.07 Å². The molecule has 0 spiro atoms. The first-order chi connectivity index (χ1) is 9.47. The molecule has 2 rings (SSSR count). The summed E-state index contributed by atoms with van der Waals surface area (Å²) in [5.41, 5.74) is 7.92. The van der Waals surface area contributed by atoms with Gasteiger partial charge in [0, 0.05) is 16.7 Å². The molecule has 0 unspecified atom stereocenters. The van der Waals surface area contributed by atoms with Gasteiger partial charge < -0.3 is 11.1 Å². The molecule has 0 fully saturated rings. The third kappa shape index (κ3) is 3.36. The van der Waals surface area contributed by atoms with Crippen molar-refractivity contribution in [2.45, 2.75) is 13.5 Å². The monoisotopic (exact) mass is 336 g/mol. The van der Waals surface area contributed by atoms with Crippen molar-refractivity contribution in [3.05, 3.63) is 63.4 Å². The third-order valence-corrected chi connectivity index (χ3v) is 3.62. The van der Waals surface area contributed by atoms with Crippen LogP contribution >= 0.6 is 15.9 Å². The SMILES string of the molecule is Cc1ccc(CNC(=O)c2cc(N)ccc2Br)cc1F. The number of carbonyl (C=O) groups excluding carboxylic acids is 1. The van der Waals surface area contributed by atoms with Crippen LogP contribution in [0, 0.1) is 12.7 Å². The fourth-order valence-corrected chi connectivity index (χ4v) is 2.17. The van der Waals surface area contributed by atoms with E-state index in [0.29, 0.717) is 26.9 Å². The van der Waals surface area contributed by atoms with Gasteiger partial charge in [0.1, 0.15) is 5.82 Å². The van der Waals surface area contributed by atoms with Crippen LogP contribution in [0.4, 0.5) is 10.1 Å². The van der Waals surface area contributed by atoms with Gasteiger partial charge in [0.2, 0.25) is 0 Å². The largest absolute Gasteiger partial charge is 0.399 e. The third-order valence-electron chi connectivity index (χ3n) is 2.92. The standard InChI is InChI=1S/C15H14BrFN2O/c1-9-2-3-10(6-14(9)17)8-19-15(20)12-7-11(18)4-5-13(12)16/h2-7H,8,18H2,1H3,(H,19,20). The van der Waals surface area contributed by atoms with Crippen molar-refractivity contribution in [1.29, 1.82) is 0 Å². The molecule has 2 aromatic carbocycles. The molecule has 0 aliphatic heterocycles. The second kappa shape index (κ2) is 6.05. The van der Waals surface area contributed by atoms with Gasteiger partial charge >= 0.3 is 0 Å². The van der Waals surface area contributed by atoms with Gasteiger partial charge in [-0.2, -0.15) is 0 Å². The molecule has 20 heavy (non-hydrogen) atoms. The molecule has 0 saturated heterocycles. The first-order valence-electron chi connectivity index (χ1n) is 6.05. The van der Waals surface area contributed by atoms with Crippen LogP contribution < -0.4 is 11.1 Å². The van der Waals surface area contributed by atoms with Crippen molar-refractivity contribution in [3.63, 3.8) is 0 Å². The first kappa shape index (κ1) is 14.5. The number of nitrogen functional groups attached to an aromatic ring is 1. The van der Waals surface area contributed by atoms with E-state index in [1.54, 1.807) is 37.3 Å². The predicted octanol–water partition coefficient (Wildman–Crippen LogP) is 3.41. The Bertz CT molecular complexity index is 658. The molecule has 0 bridgehead atoms. The van der Waals surface area contributed by atoms with E-state index < -0.39 is 0 Å². The Hall–Kier alpha value is -1.88. The Labute approximate surface area is 125 Å². The molecule has 5 heteroatoms. The quantitative estimate of drug-likeness (QED) is 0.844. The molecule has 104 valence electrons. The highest BCUT2D eigenvalue weighted by molar-refractivity contribution is 9.10. The number of amides is 1. The number of hydrogen-bond donors (Lipinski definition) is 2. The summed E-state index contributed by atoms with van der Waals surface area (Å²) in [7, 11) is 0. The second-order valence-electron chi connectivity index (χ2n) is 4.51. The number of anilines is 1. The number of nitrogens with one attached hydrogen (secondary N) is 1. The highest BCUT2D eigenvalue weighted by atomic mass is 79.9.